The van der Waals surface area contributed by atoms with Crippen molar-refractivity contribution in [3.63, 3.8) is 0 Å². The van der Waals surface area contributed by atoms with Gasteiger partial charge in [-0.15, -0.1) is 0 Å². The van der Waals surface area contributed by atoms with Gasteiger partial charge in [0.2, 0.25) is 0 Å². The van der Waals surface area contributed by atoms with Gasteiger partial charge in [-0.1, -0.05) is 6.07 Å². The van der Waals surface area contributed by atoms with Crippen LogP contribution < -0.4 is 0 Å². The molecule has 26 heavy (non-hydrogen) atoms. The third kappa shape index (κ3) is 2.67. The molecular formula is C18H20N4O4. The topological polar surface area (TPSA) is 114 Å². The summed E-state index contributed by atoms with van der Waals surface area (Å²) in [4.78, 5) is 12.6. The Morgan fingerprint density at radius 3 is 2.62 bits per heavy atom. The molecule has 0 radical (unpaired) electrons. The Balaban J connectivity index is 1.65. The molecule has 1 aliphatic rings. The lowest BCUT2D eigenvalue weighted by molar-refractivity contribution is -0.0849. The first-order valence-electron chi connectivity index (χ1n) is 8.37. The largest absolute Gasteiger partial charge is 0.387 e. The van der Waals surface area contributed by atoms with Crippen molar-refractivity contribution in [2.45, 2.75) is 44.5 Å². The van der Waals surface area contributed by atoms with Crippen molar-refractivity contribution >= 4 is 11.0 Å². The zero-order chi connectivity index (χ0) is 18.4. The second kappa shape index (κ2) is 6.40. The number of aromatic nitrogens is 4. The van der Waals surface area contributed by atoms with E-state index in [0.717, 1.165) is 16.8 Å². The van der Waals surface area contributed by atoms with Crippen molar-refractivity contribution in [2.24, 2.45) is 0 Å². The summed E-state index contributed by atoms with van der Waals surface area (Å²) in [6.07, 6.45) is -0.718. The van der Waals surface area contributed by atoms with Crippen LogP contribution in [-0.2, 0) is 4.74 Å². The van der Waals surface area contributed by atoms with Gasteiger partial charge >= 0.3 is 0 Å². The highest BCUT2D eigenvalue weighted by Gasteiger charge is 2.47. The number of ether oxygens (including phenoxy) is 1. The summed E-state index contributed by atoms with van der Waals surface area (Å²) in [5.74, 6) is 0. The number of nitrogens with zero attached hydrogens (tertiary/aromatic N) is 4. The lowest BCUT2D eigenvalue weighted by Gasteiger charge is -2.21. The van der Waals surface area contributed by atoms with Crippen LogP contribution in [0.5, 0.6) is 0 Å². The molecule has 0 aliphatic carbocycles. The zero-order valence-corrected chi connectivity index (χ0v) is 14.4. The Labute approximate surface area is 149 Å². The van der Waals surface area contributed by atoms with Crippen LogP contribution in [0.25, 0.3) is 11.0 Å². The van der Waals surface area contributed by atoms with E-state index in [4.69, 9.17) is 4.74 Å². The molecule has 136 valence electrons. The summed E-state index contributed by atoms with van der Waals surface area (Å²) < 4.78 is 7.50. The maximum absolute atomic E-state index is 10.6. The van der Waals surface area contributed by atoms with E-state index >= 15 is 0 Å². The van der Waals surface area contributed by atoms with E-state index in [1.807, 2.05) is 19.9 Å². The van der Waals surface area contributed by atoms with E-state index < -0.39 is 30.6 Å². The minimum Gasteiger partial charge on any atom is -0.387 e. The fraction of sp³-hybridized carbons (Fsp3) is 0.389. The molecule has 0 spiro atoms. The van der Waals surface area contributed by atoms with Crippen molar-refractivity contribution < 1.29 is 20.1 Å². The van der Waals surface area contributed by atoms with Crippen molar-refractivity contribution in [2.75, 3.05) is 0 Å². The van der Waals surface area contributed by atoms with Crippen LogP contribution in [0.4, 0.5) is 0 Å². The van der Waals surface area contributed by atoms with Gasteiger partial charge < -0.3 is 24.6 Å². The quantitative estimate of drug-likeness (QED) is 0.636. The molecule has 8 heteroatoms. The molecule has 1 aliphatic heterocycles. The highest BCUT2D eigenvalue weighted by Crippen LogP contribution is 2.37. The molecular weight excluding hydrogens is 336 g/mol. The zero-order valence-electron chi connectivity index (χ0n) is 14.4. The number of hydrogen-bond donors (Lipinski definition) is 3. The Hall–Kier alpha value is -2.39. The molecule has 0 aromatic carbocycles. The molecule has 1 saturated heterocycles. The second-order valence-corrected chi connectivity index (χ2v) is 6.57. The average Bonchev–Trinajstić information content (AvgIpc) is 3.18. The number of pyridine rings is 1. The predicted molar refractivity (Wildman–Crippen MR) is 92.1 cm³/mol. The maximum atomic E-state index is 10.6. The fourth-order valence-electron chi connectivity index (χ4n) is 3.32. The number of fused-ring (bicyclic) bond motifs is 1. The third-order valence-corrected chi connectivity index (χ3v) is 4.84. The Kier molecular flexibility index (Phi) is 4.20. The van der Waals surface area contributed by atoms with E-state index in [1.54, 1.807) is 22.9 Å². The summed E-state index contributed by atoms with van der Waals surface area (Å²) in [5, 5.41) is 32.4. The molecule has 1 fully saturated rings. The standard InChI is InChI=1S/C18H20N4O4/c1-9-3-4-11(7-19-9)13(23)16-14(24)15(25)18(26-16)22-6-5-12-10(2)20-8-21-17(12)22/h3-8,13-16,18,23-25H,1-2H3. The van der Waals surface area contributed by atoms with E-state index in [9.17, 15) is 15.3 Å². The Morgan fingerprint density at radius 1 is 1.08 bits per heavy atom. The number of rotatable bonds is 3. The van der Waals surface area contributed by atoms with Gasteiger partial charge in [-0.05, 0) is 26.0 Å². The minimum atomic E-state index is -1.25. The van der Waals surface area contributed by atoms with E-state index in [2.05, 4.69) is 15.0 Å². The summed E-state index contributed by atoms with van der Waals surface area (Å²) in [7, 11) is 0. The van der Waals surface area contributed by atoms with Crippen molar-refractivity contribution in [1.82, 2.24) is 19.5 Å². The monoisotopic (exact) mass is 356 g/mol. The molecule has 5 unspecified atom stereocenters. The number of hydrogen-bond acceptors (Lipinski definition) is 7. The molecule has 0 amide bonds. The van der Waals surface area contributed by atoms with Gasteiger partial charge in [-0.25, -0.2) is 9.97 Å². The van der Waals surface area contributed by atoms with Crippen LogP contribution in [0.15, 0.2) is 36.9 Å². The molecule has 4 heterocycles. The molecule has 3 aromatic heterocycles. The van der Waals surface area contributed by atoms with E-state index in [1.165, 1.54) is 12.5 Å². The van der Waals surface area contributed by atoms with Crippen LogP contribution in [-0.4, -0.2) is 53.2 Å². The average molecular weight is 356 g/mol. The lowest BCUT2D eigenvalue weighted by atomic mass is 10.0. The van der Waals surface area contributed by atoms with Crippen molar-refractivity contribution in [1.29, 1.82) is 0 Å². The lowest BCUT2D eigenvalue weighted by Crippen LogP contribution is -2.34. The van der Waals surface area contributed by atoms with Crippen molar-refractivity contribution in [3.8, 4) is 0 Å². The van der Waals surface area contributed by atoms with Gasteiger partial charge in [0.25, 0.3) is 0 Å². The van der Waals surface area contributed by atoms with E-state index in [-0.39, 0.29) is 0 Å². The first-order valence-corrected chi connectivity index (χ1v) is 8.37. The van der Waals surface area contributed by atoms with Gasteiger partial charge in [0, 0.05) is 29.0 Å². The normalized spacial score (nSPS) is 27.1. The van der Waals surface area contributed by atoms with Gasteiger partial charge in [0.1, 0.15) is 36.4 Å². The maximum Gasteiger partial charge on any atom is 0.164 e. The predicted octanol–water partition coefficient (Wildman–Crippen LogP) is 0.796. The van der Waals surface area contributed by atoms with Crippen molar-refractivity contribution in [3.05, 3.63) is 53.9 Å². The summed E-state index contributed by atoms with van der Waals surface area (Å²) >= 11 is 0. The van der Waals surface area contributed by atoms with Crippen LogP contribution >= 0.6 is 0 Å². The molecule has 0 bridgehead atoms. The first kappa shape index (κ1) is 17.0. The van der Waals surface area contributed by atoms with Crippen LogP contribution in [0, 0.1) is 13.8 Å². The van der Waals surface area contributed by atoms with Crippen LogP contribution in [0.1, 0.15) is 29.3 Å². The summed E-state index contributed by atoms with van der Waals surface area (Å²) in [5.41, 5.74) is 2.74. The molecule has 0 saturated carbocycles. The van der Waals surface area contributed by atoms with Gasteiger partial charge in [-0.3, -0.25) is 4.98 Å². The molecule has 3 aromatic rings. The smallest absolute Gasteiger partial charge is 0.164 e. The SMILES string of the molecule is Cc1ccc(C(O)C2OC(n3ccc4c(C)ncnc43)C(O)C2O)cn1. The minimum absolute atomic E-state index is 0.517. The van der Waals surface area contributed by atoms with Gasteiger partial charge in [-0.2, -0.15) is 0 Å². The van der Waals surface area contributed by atoms with Gasteiger partial charge in [0.05, 0.1) is 5.69 Å². The van der Waals surface area contributed by atoms with Crippen LogP contribution in [0.2, 0.25) is 0 Å². The summed E-state index contributed by atoms with van der Waals surface area (Å²) in [6.45, 7) is 3.71. The molecule has 8 nitrogen and oxygen atoms in total. The second-order valence-electron chi connectivity index (χ2n) is 6.57. The van der Waals surface area contributed by atoms with Crippen LogP contribution in [0.3, 0.4) is 0 Å². The molecule has 5 atom stereocenters. The highest BCUT2D eigenvalue weighted by molar-refractivity contribution is 5.78. The summed E-state index contributed by atoms with van der Waals surface area (Å²) in [6, 6.07) is 5.33. The highest BCUT2D eigenvalue weighted by atomic mass is 16.6. The third-order valence-electron chi connectivity index (χ3n) is 4.84. The molecule has 4 rings (SSSR count). The number of aliphatic hydroxyl groups is 3. The number of aliphatic hydroxyl groups excluding tert-OH is 3. The van der Waals surface area contributed by atoms with E-state index in [0.29, 0.717) is 11.2 Å². The van der Waals surface area contributed by atoms with Gasteiger partial charge in [0.15, 0.2) is 6.23 Å². The number of aryl methyl sites for hydroxylation is 2. The Morgan fingerprint density at radius 2 is 1.88 bits per heavy atom. The Bertz CT molecular complexity index is 927. The first-order chi connectivity index (χ1) is 12.5. The molecule has 3 N–H and O–H groups in total. The fourth-order valence-corrected chi connectivity index (χ4v) is 3.32.